The first-order valence-electron chi connectivity index (χ1n) is 8.19. The summed E-state index contributed by atoms with van der Waals surface area (Å²) in [5, 5.41) is 5.77. The highest BCUT2D eigenvalue weighted by Crippen LogP contribution is 2.34. The van der Waals surface area contributed by atoms with Gasteiger partial charge in [0.1, 0.15) is 0 Å². The molecule has 0 radical (unpaired) electrons. The SMILES string of the molecule is CCCCN=C(N)Nc1cc(C)c2[nH]c3ccccc3c2c1C. The van der Waals surface area contributed by atoms with Gasteiger partial charge in [-0.3, -0.25) is 4.99 Å². The first-order chi connectivity index (χ1) is 11.1. The van der Waals surface area contributed by atoms with Gasteiger partial charge in [0, 0.05) is 34.0 Å². The van der Waals surface area contributed by atoms with Crippen molar-refractivity contribution in [2.45, 2.75) is 33.6 Å². The molecule has 0 aliphatic carbocycles. The number of aryl methyl sites for hydroxylation is 2. The third kappa shape index (κ3) is 2.89. The van der Waals surface area contributed by atoms with Crippen molar-refractivity contribution < 1.29 is 0 Å². The number of fused-ring (bicyclic) bond motifs is 3. The van der Waals surface area contributed by atoms with Crippen LogP contribution in [0.25, 0.3) is 21.8 Å². The van der Waals surface area contributed by atoms with Crippen LogP contribution in [0.4, 0.5) is 5.69 Å². The number of hydrogen-bond donors (Lipinski definition) is 3. The van der Waals surface area contributed by atoms with Crippen molar-refractivity contribution in [3.8, 4) is 0 Å². The van der Waals surface area contributed by atoms with E-state index in [0.717, 1.165) is 30.6 Å². The minimum absolute atomic E-state index is 0.486. The van der Waals surface area contributed by atoms with Crippen molar-refractivity contribution in [1.29, 1.82) is 0 Å². The van der Waals surface area contributed by atoms with Gasteiger partial charge in [0.05, 0.1) is 0 Å². The van der Waals surface area contributed by atoms with E-state index >= 15 is 0 Å². The zero-order chi connectivity index (χ0) is 16.4. The summed E-state index contributed by atoms with van der Waals surface area (Å²) in [4.78, 5) is 7.91. The molecule has 0 amide bonds. The topological polar surface area (TPSA) is 66.2 Å². The average molecular weight is 308 g/mol. The third-order valence-corrected chi connectivity index (χ3v) is 4.30. The van der Waals surface area contributed by atoms with Crippen LogP contribution in [0.2, 0.25) is 0 Å². The van der Waals surface area contributed by atoms with Crippen LogP contribution in [0.1, 0.15) is 30.9 Å². The van der Waals surface area contributed by atoms with Crippen LogP contribution in [0.5, 0.6) is 0 Å². The van der Waals surface area contributed by atoms with Crippen LogP contribution in [0, 0.1) is 13.8 Å². The summed E-state index contributed by atoms with van der Waals surface area (Å²) in [6.07, 6.45) is 2.18. The van der Waals surface area contributed by atoms with Gasteiger partial charge < -0.3 is 16.0 Å². The van der Waals surface area contributed by atoms with Crippen LogP contribution in [0.3, 0.4) is 0 Å². The number of hydrogen-bond acceptors (Lipinski definition) is 1. The first-order valence-corrected chi connectivity index (χ1v) is 8.19. The maximum Gasteiger partial charge on any atom is 0.193 e. The third-order valence-electron chi connectivity index (χ3n) is 4.30. The van der Waals surface area contributed by atoms with Crippen molar-refractivity contribution >= 4 is 33.5 Å². The molecule has 4 N–H and O–H groups in total. The van der Waals surface area contributed by atoms with Crippen molar-refractivity contribution in [1.82, 2.24) is 4.98 Å². The Hall–Kier alpha value is -2.49. The van der Waals surface area contributed by atoms with Gasteiger partial charge in [-0.2, -0.15) is 0 Å². The van der Waals surface area contributed by atoms with Gasteiger partial charge in [0.15, 0.2) is 5.96 Å². The summed E-state index contributed by atoms with van der Waals surface area (Å²) in [5.74, 6) is 0.486. The van der Waals surface area contributed by atoms with Gasteiger partial charge >= 0.3 is 0 Å². The quantitative estimate of drug-likeness (QED) is 0.378. The van der Waals surface area contributed by atoms with Crippen molar-refractivity contribution in [2.24, 2.45) is 10.7 Å². The number of aromatic nitrogens is 1. The minimum Gasteiger partial charge on any atom is -0.370 e. The van der Waals surface area contributed by atoms with E-state index in [0.29, 0.717) is 5.96 Å². The van der Waals surface area contributed by atoms with Crippen LogP contribution in [-0.4, -0.2) is 17.5 Å². The summed E-state index contributed by atoms with van der Waals surface area (Å²) < 4.78 is 0. The van der Waals surface area contributed by atoms with E-state index < -0.39 is 0 Å². The number of nitrogens with zero attached hydrogens (tertiary/aromatic N) is 1. The van der Waals surface area contributed by atoms with E-state index in [9.17, 15) is 0 Å². The molecule has 0 atom stereocenters. The van der Waals surface area contributed by atoms with Gasteiger partial charge in [0.2, 0.25) is 0 Å². The van der Waals surface area contributed by atoms with Gasteiger partial charge in [-0.1, -0.05) is 31.5 Å². The van der Waals surface area contributed by atoms with Gasteiger partial charge in [-0.05, 0) is 43.5 Å². The molecule has 2 aromatic carbocycles. The molecule has 0 aliphatic rings. The lowest BCUT2D eigenvalue weighted by Crippen LogP contribution is -2.23. The van der Waals surface area contributed by atoms with Crippen molar-refractivity contribution in [3.63, 3.8) is 0 Å². The highest BCUT2D eigenvalue weighted by Gasteiger charge is 2.12. The highest BCUT2D eigenvalue weighted by atomic mass is 15.1. The molecule has 3 rings (SSSR count). The molecule has 0 saturated heterocycles. The van der Waals surface area contributed by atoms with Gasteiger partial charge in [0.25, 0.3) is 0 Å². The number of rotatable bonds is 4. The second-order valence-corrected chi connectivity index (χ2v) is 6.03. The number of aromatic amines is 1. The predicted octanol–water partition coefficient (Wildman–Crippen LogP) is 4.46. The Bertz CT molecular complexity index is 874. The molecule has 1 aromatic heterocycles. The summed E-state index contributed by atoms with van der Waals surface area (Å²) in [6.45, 7) is 7.16. The summed E-state index contributed by atoms with van der Waals surface area (Å²) in [5.41, 5.74) is 11.8. The number of guanidine groups is 1. The number of aliphatic imine (C=N–C) groups is 1. The Morgan fingerprint density at radius 1 is 1.26 bits per heavy atom. The number of anilines is 1. The lowest BCUT2D eigenvalue weighted by molar-refractivity contribution is 0.807. The predicted molar refractivity (Wildman–Crippen MR) is 100 cm³/mol. The largest absolute Gasteiger partial charge is 0.370 e. The fourth-order valence-corrected chi connectivity index (χ4v) is 3.02. The van der Waals surface area contributed by atoms with Crippen molar-refractivity contribution in [3.05, 3.63) is 41.5 Å². The van der Waals surface area contributed by atoms with Crippen LogP contribution in [-0.2, 0) is 0 Å². The summed E-state index contributed by atoms with van der Waals surface area (Å²) in [6, 6.07) is 10.5. The molecule has 0 spiro atoms. The van der Waals surface area contributed by atoms with E-state index in [-0.39, 0.29) is 0 Å². The van der Waals surface area contributed by atoms with Crippen LogP contribution < -0.4 is 11.1 Å². The molecule has 3 aromatic rings. The maximum atomic E-state index is 6.03. The smallest absolute Gasteiger partial charge is 0.193 e. The second-order valence-electron chi connectivity index (χ2n) is 6.03. The molecular weight excluding hydrogens is 284 g/mol. The molecule has 4 heteroatoms. The van der Waals surface area contributed by atoms with E-state index in [4.69, 9.17) is 5.73 Å². The zero-order valence-corrected chi connectivity index (χ0v) is 14.0. The lowest BCUT2D eigenvalue weighted by Gasteiger charge is -2.12. The highest BCUT2D eigenvalue weighted by molar-refractivity contribution is 6.12. The normalized spacial score (nSPS) is 12.2. The standard InChI is InChI=1S/C19H24N4/c1-4-5-10-21-19(20)23-16-11-12(2)18-17(13(16)3)14-8-6-7-9-15(14)22-18/h6-9,11,22H,4-5,10H2,1-3H3,(H3,20,21,23). The first kappa shape index (κ1) is 15.4. The Kier molecular flexibility index (Phi) is 4.24. The fourth-order valence-electron chi connectivity index (χ4n) is 3.02. The van der Waals surface area contributed by atoms with Gasteiger partial charge in [-0.25, -0.2) is 0 Å². The average Bonchev–Trinajstić information content (AvgIpc) is 2.93. The van der Waals surface area contributed by atoms with E-state index in [1.54, 1.807) is 0 Å². The Morgan fingerprint density at radius 2 is 2.04 bits per heavy atom. The zero-order valence-electron chi connectivity index (χ0n) is 14.0. The number of nitrogens with two attached hydrogens (primary N) is 1. The van der Waals surface area contributed by atoms with Crippen LogP contribution in [0.15, 0.2) is 35.3 Å². The Balaban J connectivity index is 2.07. The molecule has 0 unspecified atom stereocenters. The monoisotopic (exact) mass is 308 g/mol. The van der Waals surface area contributed by atoms with E-state index in [2.05, 4.69) is 66.4 Å². The van der Waals surface area contributed by atoms with E-state index in [1.807, 2.05) is 0 Å². The number of benzene rings is 2. The molecule has 0 aliphatic heterocycles. The molecule has 0 fully saturated rings. The maximum absolute atomic E-state index is 6.03. The molecule has 1 heterocycles. The Morgan fingerprint density at radius 3 is 2.83 bits per heavy atom. The minimum atomic E-state index is 0.486. The van der Waals surface area contributed by atoms with E-state index in [1.165, 1.54) is 27.4 Å². The lowest BCUT2D eigenvalue weighted by atomic mass is 10.0. The molecule has 0 saturated carbocycles. The Labute approximate surface area is 136 Å². The number of unbranched alkanes of at least 4 members (excludes halogenated alkanes) is 1. The van der Waals surface area contributed by atoms with Gasteiger partial charge in [-0.15, -0.1) is 0 Å². The van der Waals surface area contributed by atoms with Crippen LogP contribution >= 0.6 is 0 Å². The number of para-hydroxylation sites is 1. The second kappa shape index (κ2) is 6.32. The summed E-state index contributed by atoms with van der Waals surface area (Å²) in [7, 11) is 0. The fraction of sp³-hybridized carbons (Fsp3) is 0.316. The number of H-pyrrole nitrogens is 1. The molecular formula is C19H24N4. The molecule has 0 bridgehead atoms. The molecule has 23 heavy (non-hydrogen) atoms. The number of nitrogens with one attached hydrogen (secondary N) is 2. The molecule has 4 nitrogen and oxygen atoms in total. The van der Waals surface area contributed by atoms with Crippen molar-refractivity contribution in [2.75, 3.05) is 11.9 Å². The molecule has 120 valence electrons. The summed E-state index contributed by atoms with van der Waals surface area (Å²) >= 11 is 0.